The van der Waals surface area contributed by atoms with E-state index in [0.717, 1.165) is 30.6 Å². The van der Waals surface area contributed by atoms with Crippen molar-refractivity contribution in [2.24, 2.45) is 23.7 Å². The van der Waals surface area contributed by atoms with Crippen molar-refractivity contribution in [3.8, 4) is 0 Å². The van der Waals surface area contributed by atoms with Crippen LogP contribution in [-0.2, 0) is 17.8 Å². The van der Waals surface area contributed by atoms with Gasteiger partial charge in [-0.2, -0.15) is 5.10 Å². The molecule has 2 fully saturated rings. The summed E-state index contributed by atoms with van der Waals surface area (Å²) in [5.74, 6) is 4.12. The minimum absolute atomic E-state index is 0.348. The second kappa shape index (κ2) is 5.66. The van der Waals surface area contributed by atoms with E-state index in [0.29, 0.717) is 24.0 Å². The van der Waals surface area contributed by atoms with Gasteiger partial charge in [0.15, 0.2) is 0 Å². The molecule has 3 rings (SSSR count). The van der Waals surface area contributed by atoms with Crippen LogP contribution >= 0.6 is 0 Å². The van der Waals surface area contributed by atoms with Gasteiger partial charge in [-0.1, -0.05) is 20.3 Å². The number of rotatable bonds is 6. The van der Waals surface area contributed by atoms with Crippen LogP contribution in [0.2, 0.25) is 0 Å². The molecule has 110 valence electrons. The molecule has 0 spiro atoms. The Bertz CT molecular complexity index is 480. The van der Waals surface area contributed by atoms with Gasteiger partial charge >= 0.3 is 0 Å². The summed E-state index contributed by atoms with van der Waals surface area (Å²) in [6, 6.07) is 0. The van der Waals surface area contributed by atoms with Gasteiger partial charge in [-0.05, 0) is 42.9 Å². The summed E-state index contributed by atoms with van der Waals surface area (Å²) in [5, 5.41) is 4.23. The standard InChI is InChI=1S/C16H25N3O/c1-11(2)9-19-16(17-10-18-19)8-15(20)7-14-6-12-3-4-13(14)5-12/h10-14H,3-9H2,1-2H3. The zero-order chi connectivity index (χ0) is 14.1. The number of carbonyl (C=O) groups is 1. The van der Waals surface area contributed by atoms with Crippen LogP contribution in [0.15, 0.2) is 6.33 Å². The Kier molecular flexibility index (Phi) is 3.90. The first kappa shape index (κ1) is 13.8. The van der Waals surface area contributed by atoms with Crippen LogP contribution in [0.5, 0.6) is 0 Å². The maximum Gasteiger partial charge on any atom is 0.140 e. The zero-order valence-electron chi connectivity index (χ0n) is 12.6. The Morgan fingerprint density at radius 1 is 1.40 bits per heavy atom. The number of carbonyl (C=O) groups excluding carboxylic acids is 1. The van der Waals surface area contributed by atoms with Gasteiger partial charge in [0.05, 0.1) is 6.42 Å². The summed E-state index contributed by atoms with van der Waals surface area (Å²) in [7, 11) is 0. The summed E-state index contributed by atoms with van der Waals surface area (Å²) in [6.45, 7) is 5.15. The maximum atomic E-state index is 12.3. The number of hydrogen-bond donors (Lipinski definition) is 0. The predicted molar refractivity (Wildman–Crippen MR) is 77.1 cm³/mol. The molecule has 4 heteroatoms. The molecule has 3 atom stereocenters. The summed E-state index contributed by atoms with van der Waals surface area (Å²) in [4.78, 5) is 16.6. The van der Waals surface area contributed by atoms with E-state index in [-0.39, 0.29) is 0 Å². The summed E-state index contributed by atoms with van der Waals surface area (Å²) < 4.78 is 1.89. The van der Waals surface area contributed by atoms with Gasteiger partial charge in [-0.15, -0.1) is 0 Å². The normalized spacial score (nSPS) is 28.4. The minimum atomic E-state index is 0.348. The molecule has 2 saturated carbocycles. The van der Waals surface area contributed by atoms with Gasteiger partial charge in [0, 0.05) is 13.0 Å². The van der Waals surface area contributed by atoms with Gasteiger partial charge in [0.25, 0.3) is 0 Å². The van der Waals surface area contributed by atoms with E-state index in [1.54, 1.807) is 6.33 Å². The zero-order valence-corrected chi connectivity index (χ0v) is 12.6. The summed E-state index contributed by atoms with van der Waals surface area (Å²) >= 11 is 0. The molecule has 0 radical (unpaired) electrons. The van der Waals surface area contributed by atoms with Gasteiger partial charge in [-0.3, -0.25) is 4.79 Å². The van der Waals surface area contributed by atoms with Crippen molar-refractivity contribution in [2.45, 2.75) is 58.9 Å². The SMILES string of the molecule is CC(C)Cn1ncnc1CC(=O)CC1CC2CCC1C2. The van der Waals surface area contributed by atoms with E-state index in [2.05, 4.69) is 23.9 Å². The van der Waals surface area contributed by atoms with Gasteiger partial charge < -0.3 is 0 Å². The Morgan fingerprint density at radius 3 is 2.90 bits per heavy atom. The van der Waals surface area contributed by atoms with Crippen molar-refractivity contribution < 1.29 is 4.79 Å². The predicted octanol–water partition coefficient (Wildman–Crippen LogP) is 2.87. The smallest absolute Gasteiger partial charge is 0.140 e. The number of ketones is 1. The van der Waals surface area contributed by atoms with Crippen LogP contribution in [0.3, 0.4) is 0 Å². The van der Waals surface area contributed by atoms with E-state index >= 15 is 0 Å². The molecule has 0 saturated heterocycles. The quantitative estimate of drug-likeness (QED) is 0.802. The largest absolute Gasteiger partial charge is 0.299 e. The second-order valence-corrected chi connectivity index (χ2v) is 7.11. The second-order valence-electron chi connectivity index (χ2n) is 7.11. The third-order valence-electron chi connectivity index (χ3n) is 4.96. The molecule has 1 aromatic rings. The molecule has 0 N–H and O–H groups in total. The first-order valence-corrected chi connectivity index (χ1v) is 8.00. The van der Waals surface area contributed by atoms with Crippen molar-refractivity contribution in [3.63, 3.8) is 0 Å². The molecule has 0 aromatic carbocycles. The Balaban J connectivity index is 1.55. The fraction of sp³-hybridized carbons (Fsp3) is 0.812. The Labute approximate surface area is 121 Å². The highest BCUT2D eigenvalue weighted by Crippen LogP contribution is 2.49. The fourth-order valence-corrected chi connectivity index (χ4v) is 4.09. The van der Waals surface area contributed by atoms with Gasteiger partial charge in [-0.25, -0.2) is 9.67 Å². The van der Waals surface area contributed by atoms with E-state index in [1.807, 2.05) is 4.68 Å². The van der Waals surface area contributed by atoms with E-state index in [1.165, 1.54) is 25.7 Å². The minimum Gasteiger partial charge on any atom is -0.299 e. The molecule has 2 bridgehead atoms. The highest BCUT2D eigenvalue weighted by Gasteiger charge is 2.40. The Hall–Kier alpha value is -1.19. The number of Topliss-reactive ketones (excluding diaryl/α,β-unsaturated/α-hetero) is 1. The first-order valence-electron chi connectivity index (χ1n) is 8.00. The Morgan fingerprint density at radius 2 is 2.25 bits per heavy atom. The van der Waals surface area contributed by atoms with Crippen molar-refractivity contribution in [1.29, 1.82) is 0 Å². The van der Waals surface area contributed by atoms with Crippen LogP contribution < -0.4 is 0 Å². The number of fused-ring (bicyclic) bond motifs is 2. The van der Waals surface area contributed by atoms with E-state index < -0.39 is 0 Å². The first-order chi connectivity index (χ1) is 9.61. The lowest BCUT2D eigenvalue weighted by Crippen LogP contribution is -2.19. The van der Waals surface area contributed by atoms with E-state index in [9.17, 15) is 4.79 Å². The van der Waals surface area contributed by atoms with Crippen LogP contribution in [-0.4, -0.2) is 20.5 Å². The molecule has 2 aliphatic rings. The van der Waals surface area contributed by atoms with Crippen molar-refractivity contribution in [3.05, 3.63) is 12.2 Å². The van der Waals surface area contributed by atoms with Crippen molar-refractivity contribution in [2.75, 3.05) is 0 Å². The number of hydrogen-bond acceptors (Lipinski definition) is 3. The molecule has 0 aliphatic heterocycles. The van der Waals surface area contributed by atoms with Crippen molar-refractivity contribution in [1.82, 2.24) is 14.8 Å². The van der Waals surface area contributed by atoms with Crippen LogP contribution in [0.1, 0.15) is 51.8 Å². The van der Waals surface area contributed by atoms with Gasteiger partial charge in [0.1, 0.15) is 17.9 Å². The molecule has 1 aromatic heterocycles. The molecule has 4 nitrogen and oxygen atoms in total. The highest BCUT2D eigenvalue weighted by atomic mass is 16.1. The van der Waals surface area contributed by atoms with Crippen molar-refractivity contribution >= 4 is 5.78 Å². The average Bonchev–Trinajstić information content (AvgIpc) is 3.06. The molecule has 3 unspecified atom stereocenters. The summed E-state index contributed by atoms with van der Waals surface area (Å²) in [6.07, 6.45) is 8.21. The lowest BCUT2D eigenvalue weighted by Gasteiger charge is -2.20. The maximum absolute atomic E-state index is 12.3. The third-order valence-corrected chi connectivity index (χ3v) is 4.96. The van der Waals surface area contributed by atoms with E-state index in [4.69, 9.17) is 0 Å². The highest BCUT2D eigenvalue weighted by molar-refractivity contribution is 5.80. The van der Waals surface area contributed by atoms with Crippen LogP contribution in [0.4, 0.5) is 0 Å². The van der Waals surface area contributed by atoms with Crippen LogP contribution in [0.25, 0.3) is 0 Å². The number of aromatic nitrogens is 3. The topological polar surface area (TPSA) is 47.8 Å². The van der Waals surface area contributed by atoms with Crippen LogP contribution in [0, 0.1) is 23.7 Å². The lowest BCUT2D eigenvalue weighted by atomic mass is 9.85. The molecular formula is C16H25N3O. The lowest BCUT2D eigenvalue weighted by molar-refractivity contribution is -0.119. The average molecular weight is 275 g/mol. The number of nitrogens with zero attached hydrogens (tertiary/aromatic N) is 3. The third kappa shape index (κ3) is 2.94. The summed E-state index contributed by atoms with van der Waals surface area (Å²) in [5.41, 5.74) is 0. The molecule has 2 aliphatic carbocycles. The monoisotopic (exact) mass is 275 g/mol. The molecular weight excluding hydrogens is 250 g/mol. The fourth-order valence-electron chi connectivity index (χ4n) is 4.09. The molecule has 20 heavy (non-hydrogen) atoms. The molecule has 0 amide bonds. The van der Waals surface area contributed by atoms with Gasteiger partial charge in [0.2, 0.25) is 0 Å². The molecule has 1 heterocycles.